The van der Waals surface area contributed by atoms with Crippen LogP contribution in [0.4, 0.5) is 4.79 Å². The minimum absolute atomic E-state index is 0.0967. The molecular formula is C8H6BrN3O2. The van der Waals surface area contributed by atoms with Crippen LogP contribution >= 0.6 is 15.9 Å². The number of hydrogen-bond acceptors (Lipinski definition) is 3. The van der Waals surface area contributed by atoms with Crippen LogP contribution in [-0.4, -0.2) is 16.1 Å². The molecule has 0 aliphatic rings. The highest BCUT2D eigenvalue weighted by Crippen LogP contribution is 2.23. The van der Waals surface area contributed by atoms with Gasteiger partial charge in [-0.25, -0.2) is 4.79 Å². The number of primary amides is 1. The molecule has 0 atom stereocenters. The van der Waals surface area contributed by atoms with E-state index >= 15 is 0 Å². The van der Waals surface area contributed by atoms with Crippen molar-refractivity contribution in [1.82, 2.24) is 9.97 Å². The van der Waals surface area contributed by atoms with Crippen molar-refractivity contribution in [3.05, 3.63) is 22.7 Å². The molecule has 0 spiro atoms. The number of para-hydroxylation sites is 1. The third kappa shape index (κ3) is 1.56. The average molecular weight is 256 g/mol. The van der Waals surface area contributed by atoms with Crippen LogP contribution in [0.3, 0.4) is 0 Å². The summed E-state index contributed by atoms with van der Waals surface area (Å²) in [6.07, 6.45) is -0.889. The maximum atomic E-state index is 10.5. The van der Waals surface area contributed by atoms with E-state index in [1.165, 1.54) is 0 Å². The van der Waals surface area contributed by atoms with E-state index < -0.39 is 6.09 Å². The molecule has 0 aliphatic heterocycles. The fourth-order valence-electron chi connectivity index (χ4n) is 1.12. The molecule has 1 heterocycles. The van der Waals surface area contributed by atoms with E-state index in [1.54, 1.807) is 0 Å². The van der Waals surface area contributed by atoms with Gasteiger partial charge in [-0.1, -0.05) is 6.07 Å². The van der Waals surface area contributed by atoms with Crippen molar-refractivity contribution in [1.29, 1.82) is 0 Å². The SMILES string of the molecule is NC(=O)Oc1nc2c(Br)cccc2[nH]1. The smallest absolute Gasteiger partial charge is 0.376 e. The lowest BCUT2D eigenvalue weighted by Crippen LogP contribution is -2.16. The lowest BCUT2D eigenvalue weighted by atomic mass is 10.3. The van der Waals surface area contributed by atoms with Crippen LogP contribution in [0.5, 0.6) is 6.01 Å². The lowest BCUT2D eigenvalue weighted by molar-refractivity contribution is 0.207. The number of rotatable bonds is 1. The number of halogens is 1. The Morgan fingerprint density at radius 3 is 3.00 bits per heavy atom. The first-order chi connectivity index (χ1) is 6.66. The van der Waals surface area contributed by atoms with E-state index in [1.807, 2.05) is 18.2 Å². The first kappa shape index (κ1) is 9.01. The second kappa shape index (κ2) is 3.30. The number of carbonyl (C=O) groups is 1. The minimum atomic E-state index is -0.889. The molecule has 5 nitrogen and oxygen atoms in total. The zero-order valence-corrected chi connectivity index (χ0v) is 8.54. The number of fused-ring (bicyclic) bond motifs is 1. The fraction of sp³-hybridized carbons (Fsp3) is 0. The normalized spacial score (nSPS) is 10.4. The third-order valence-corrected chi connectivity index (χ3v) is 2.28. The molecular weight excluding hydrogens is 250 g/mol. The van der Waals surface area contributed by atoms with Gasteiger partial charge in [0.2, 0.25) is 0 Å². The molecule has 1 aromatic heterocycles. The van der Waals surface area contributed by atoms with Crippen molar-refractivity contribution in [3.8, 4) is 6.01 Å². The molecule has 0 unspecified atom stereocenters. The van der Waals surface area contributed by atoms with E-state index in [-0.39, 0.29) is 6.01 Å². The van der Waals surface area contributed by atoms with Crippen LogP contribution in [0, 0.1) is 0 Å². The summed E-state index contributed by atoms with van der Waals surface area (Å²) in [7, 11) is 0. The first-order valence-electron chi connectivity index (χ1n) is 3.78. The molecule has 1 amide bonds. The third-order valence-electron chi connectivity index (χ3n) is 1.64. The van der Waals surface area contributed by atoms with Crippen LogP contribution in [0.2, 0.25) is 0 Å². The number of ether oxygens (including phenoxy) is 1. The number of nitrogens with zero attached hydrogens (tertiary/aromatic N) is 1. The summed E-state index contributed by atoms with van der Waals surface area (Å²) >= 11 is 3.32. The van der Waals surface area contributed by atoms with Crippen LogP contribution in [-0.2, 0) is 0 Å². The van der Waals surface area contributed by atoms with Gasteiger partial charge < -0.3 is 15.5 Å². The summed E-state index contributed by atoms with van der Waals surface area (Å²) in [5.74, 6) is 0. The Bertz CT molecular complexity index is 494. The molecule has 2 rings (SSSR count). The van der Waals surface area contributed by atoms with Crippen molar-refractivity contribution in [2.75, 3.05) is 0 Å². The predicted molar refractivity (Wildman–Crippen MR) is 54.0 cm³/mol. The number of carbonyl (C=O) groups excluding carboxylic acids is 1. The van der Waals surface area contributed by atoms with E-state index in [0.29, 0.717) is 5.52 Å². The summed E-state index contributed by atoms with van der Waals surface area (Å²) < 4.78 is 5.43. The van der Waals surface area contributed by atoms with E-state index in [9.17, 15) is 4.79 Å². The van der Waals surface area contributed by atoms with Crippen molar-refractivity contribution in [2.45, 2.75) is 0 Å². The number of aromatic nitrogens is 2. The highest BCUT2D eigenvalue weighted by atomic mass is 79.9. The van der Waals surface area contributed by atoms with Crippen molar-refractivity contribution >= 4 is 33.1 Å². The van der Waals surface area contributed by atoms with Crippen LogP contribution in [0.1, 0.15) is 0 Å². The van der Waals surface area contributed by atoms with E-state index in [2.05, 4.69) is 30.6 Å². The number of imidazole rings is 1. The maximum Gasteiger partial charge on any atom is 0.412 e. The molecule has 0 radical (unpaired) electrons. The Hall–Kier alpha value is -1.56. The molecule has 0 bridgehead atoms. The number of aromatic amines is 1. The predicted octanol–water partition coefficient (Wildman–Crippen LogP) is 1.78. The topological polar surface area (TPSA) is 81.0 Å². The Labute approximate surface area is 87.4 Å². The van der Waals surface area contributed by atoms with Gasteiger partial charge in [0.25, 0.3) is 0 Å². The molecule has 2 aromatic rings. The van der Waals surface area contributed by atoms with E-state index in [4.69, 9.17) is 5.73 Å². The molecule has 14 heavy (non-hydrogen) atoms. The van der Waals surface area contributed by atoms with Gasteiger partial charge in [-0.05, 0) is 28.1 Å². The second-order valence-electron chi connectivity index (χ2n) is 2.60. The average Bonchev–Trinajstić information content (AvgIpc) is 2.47. The molecule has 0 aliphatic carbocycles. The standard InChI is InChI=1S/C8H6BrN3O2/c9-4-2-1-3-5-6(4)12-8(11-5)14-7(10)13/h1-3H,(H2,10,13)(H,11,12). The quantitative estimate of drug-likeness (QED) is 0.815. The van der Waals surface area contributed by atoms with Crippen molar-refractivity contribution < 1.29 is 9.53 Å². The van der Waals surface area contributed by atoms with Crippen LogP contribution < -0.4 is 10.5 Å². The second-order valence-corrected chi connectivity index (χ2v) is 3.45. The van der Waals surface area contributed by atoms with Gasteiger partial charge in [-0.15, -0.1) is 0 Å². The summed E-state index contributed by atoms with van der Waals surface area (Å²) in [4.78, 5) is 17.3. The van der Waals surface area contributed by atoms with Gasteiger partial charge in [-0.2, -0.15) is 4.98 Å². The molecule has 1 aromatic carbocycles. The Balaban J connectivity index is 2.51. The molecule has 0 saturated carbocycles. The number of hydrogen-bond donors (Lipinski definition) is 2. The monoisotopic (exact) mass is 255 g/mol. The Kier molecular flexibility index (Phi) is 2.12. The number of H-pyrrole nitrogens is 1. The zero-order chi connectivity index (χ0) is 10.1. The van der Waals surface area contributed by atoms with Crippen LogP contribution in [0.25, 0.3) is 11.0 Å². The summed E-state index contributed by atoms with van der Waals surface area (Å²) in [5.41, 5.74) is 6.32. The molecule has 72 valence electrons. The Morgan fingerprint density at radius 1 is 1.57 bits per heavy atom. The molecule has 3 N–H and O–H groups in total. The summed E-state index contributed by atoms with van der Waals surface area (Å²) in [5, 5.41) is 0. The van der Waals surface area contributed by atoms with Crippen molar-refractivity contribution in [3.63, 3.8) is 0 Å². The van der Waals surface area contributed by atoms with Crippen LogP contribution in [0.15, 0.2) is 22.7 Å². The minimum Gasteiger partial charge on any atom is -0.376 e. The van der Waals surface area contributed by atoms with Gasteiger partial charge in [0.1, 0.15) is 5.52 Å². The first-order valence-corrected chi connectivity index (χ1v) is 4.57. The summed E-state index contributed by atoms with van der Waals surface area (Å²) in [6.45, 7) is 0. The number of benzene rings is 1. The summed E-state index contributed by atoms with van der Waals surface area (Å²) in [6, 6.07) is 5.61. The number of amides is 1. The van der Waals surface area contributed by atoms with Gasteiger partial charge in [0.05, 0.1) is 5.52 Å². The van der Waals surface area contributed by atoms with Gasteiger partial charge in [0, 0.05) is 4.47 Å². The Morgan fingerprint density at radius 2 is 2.36 bits per heavy atom. The van der Waals surface area contributed by atoms with Crippen molar-refractivity contribution in [2.24, 2.45) is 5.73 Å². The lowest BCUT2D eigenvalue weighted by Gasteiger charge is -1.91. The fourth-order valence-corrected chi connectivity index (χ4v) is 1.57. The molecule has 0 saturated heterocycles. The number of nitrogens with one attached hydrogen (secondary N) is 1. The maximum absolute atomic E-state index is 10.5. The van der Waals surface area contributed by atoms with Gasteiger partial charge in [0.15, 0.2) is 0 Å². The van der Waals surface area contributed by atoms with Gasteiger partial charge in [-0.3, -0.25) is 0 Å². The molecule has 0 fully saturated rings. The zero-order valence-electron chi connectivity index (χ0n) is 6.95. The largest absolute Gasteiger partial charge is 0.412 e. The molecule has 6 heteroatoms. The highest BCUT2D eigenvalue weighted by molar-refractivity contribution is 9.10. The van der Waals surface area contributed by atoms with Gasteiger partial charge >= 0.3 is 12.1 Å². The number of nitrogens with two attached hydrogens (primary N) is 1. The van der Waals surface area contributed by atoms with E-state index in [0.717, 1.165) is 9.99 Å². The highest BCUT2D eigenvalue weighted by Gasteiger charge is 2.07.